The van der Waals surface area contributed by atoms with E-state index in [4.69, 9.17) is 5.73 Å². The lowest BCUT2D eigenvalue weighted by molar-refractivity contribution is -0.129. The zero-order chi connectivity index (χ0) is 12.4. The summed E-state index contributed by atoms with van der Waals surface area (Å²) in [5.74, 6) is -0.223. The molecule has 1 fully saturated rings. The zero-order valence-electron chi connectivity index (χ0n) is 9.90. The second kappa shape index (κ2) is 4.84. The van der Waals surface area contributed by atoms with Gasteiger partial charge in [0, 0.05) is 19.0 Å². The van der Waals surface area contributed by atoms with Crippen molar-refractivity contribution in [3.05, 3.63) is 35.6 Å². The van der Waals surface area contributed by atoms with Crippen LogP contribution in [-0.2, 0) is 4.79 Å². The highest BCUT2D eigenvalue weighted by Crippen LogP contribution is 2.32. The molecule has 4 heteroatoms. The van der Waals surface area contributed by atoms with E-state index in [-0.39, 0.29) is 23.8 Å². The summed E-state index contributed by atoms with van der Waals surface area (Å²) in [5, 5.41) is 0. The molecular formula is C13H17FN2O. The van der Waals surface area contributed by atoms with Crippen LogP contribution in [0.4, 0.5) is 4.39 Å². The van der Waals surface area contributed by atoms with E-state index >= 15 is 0 Å². The van der Waals surface area contributed by atoms with E-state index in [1.807, 2.05) is 13.0 Å². The lowest BCUT2D eigenvalue weighted by atomic mass is 10.0. The molecule has 0 radical (unpaired) electrons. The Morgan fingerprint density at radius 1 is 1.53 bits per heavy atom. The first-order valence-electron chi connectivity index (χ1n) is 5.94. The van der Waals surface area contributed by atoms with Crippen LogP contribution in [0.15, 0.2) is 24.3 Å². The predicted molar refractivity (Wildman–Crippen MR) is 63.7 cm³/mol. The molecule has 0 unspecified atom stereocenters. The minimum absolute atomic E-state index is 0.0635. The van der Waals surface area contributed by atoms with Crippen molar-refractivity contribution in [2.75, 3.05) is 6.54 Å². The fraction of sp³-hybridized carbons (Fsp3) is 0.462. The molecule has 1 aliphatic heterocycles. The number of nitrogens with two attached hydrogens (primary N) is 1. The van der Waals surface area contributed by atoms with E-state index in [0.29, 0.717) is 13.0 Å². The fourth-order valence-corrected chi connectivity index (χ4v) is 2.44. The quantitative estimate of drug-likeness (QED) is 0.870. The molecule has 1 saturated heterocycles. The van der Waals surface area contributed by atoms with Crippen molar-refractivity contribution >= 4 is 5.91 Å². The number of amides is 1. The largest absolute Gasteiger partial charge is 0.334 e. The SMILES string of the molecule is CCCN1C(=O)C[C@H](N)[C@H]1c1cccc(F)c1. The van der Waals surface area contributed by atoms with Crippen molar-refractivity contribution in [1.29, 1.82) is 0 Å². The second-order valence-corrected chi connectivity index (χ2v) is 4.45. The average molecular weight is 236 g/mol. The lowest BCUT2D eigenvalue weighted by Gasteiger charge is -2.26. The molecule has 1 amide bonds. The van der Waals surface area contributed by atoms with Crippen LogP contribution in [0, 0.1) is 5.82 Å². The highest BCUT2D eigenvalue weighted by molar-refractivity contribution is 5.80. The van der Waals surface area contributed by atoms with Crippen molar-refractivity contribution in [3.8, 4) is 0 Å². The van der Waals surface area contributed by atoms with Crippen LogP contribution in [0.1, 0.15) is 31.4 Å². The molecule has 92 valence electrons. The number of rotatable bonds is 3. The van der Waals surface area contributed by atoms with E-state index < -0.39 is 0 Å². The summed E-state index contributed by atoms with van der Waals surface area (Å²) in [6.07, 6.45) is 1.23. The fourth-order valence-electron chi connectivity index (χ4n) is 2.44. The van der Waals surface area contributed by atoms with Crippen molar-refractivity contribution in [2.45, 2.75) is 31.8 Å². The summed E-state index contributed by atoms with van der Waals surface area (Å²) in [6, 6.07) is 5.93. The number of benzene rings is 1. The topological polar surface area (TPSA) is 46.3 Å². The van der Waals surface area contributed by atoms with Crippen LogP contribution < -0.4 is 5.73 Å². The van der Waals surface area contributed by atoms with Gasteiger partial charge < -0.3 is 10.6 Å². The molecule has 2 rings (SSSR count). The summed E-state index contributed by atoms with van der Waals surface area (Å²) in [5.41, 5.74) is 6.78. The van der Waals surface area contributed by atoms with Gasteiger partial charge in [-0.05, 0) is 24.1 Å². The lowest BCUT2D eigenvalue weighted by Crippen LogP contribution is -2.33. The number of hydrogen-bond donors (Lipinski definition) is 1. The van der Waals surface area contributed by atoms with Gasteiger partial charge in [-0.1, -0.05) is 19.1 Å². The number of halogens is 1. The van der Waals surface area contributed by atoms with Crippen molar-refractivity contribution in [3.63, 3.8) is 0 Å². The molecule has 0 aliphatic carbocycles. The number of likely N-dealkylation sites (tertiary alicyclic amines) is 1. The molecule has 2 N–H and O–H groups in total. The monoisotopic (exact) mass is 236 g/mol. The third-order valence-corrected chi connectivity index (χ3v) is 3.13. The van der Waals surface area contributed by atoms with Crippen LogP contribution >= 0.6 is 0 Å². The van der Waals surface area contributed by atoms with Gasteiger partial charge in [0.05, 0.1) is 6.04 Å². The smallest absolute Gasteiger partial charge is 0.224 e. The second-order valence-electron chi connectivity index (χ2n) is 4.45. The highest BCUT2D eigenvalue weighted by Gasteiger charge is 2.37. The summed E-state index contributed by atoms with van der Waals surface area (Å²) in [6.45, 7) is 2.69. The van der Waals surface area contributed by atoms with Gasteiger partial charge in [0.15, 0.2) is 0 Å². The molecule has 2 atom stereocenters. The maximum absolute atomic E-state index is 13.2. The summed E-state index contributed by atoms with van der Waals surface area (Å²) >= 11 is 0. The summed E-state index contributed by atoms with van der Waals surface area (Å²) < 4.78 is 13.2. The Kier molecular flexibility index (Phi) is 3.43. The van der Waals surface area contributed by atoms with Gasteiger partial charge >= 0.3 is 0 Å². The Labute approximate surface area is 100 Å². The van der Waals surface area contributed by atoms with Gasteiger partial charge in [-0.15, -0.1) is 0 Å². The minimum Gasteiger partial charge on any atom is -0.334 e. The van der Waals surface area contributed by atoms with Crippen LogP contribution in [0.2, 0.25) is 0 Å². The average Bonchev–Trinajstić information content (AvgIpc) is 2.54. The summed E-state index contributed by atoms with van der Waals surface area (Å²) in [7, 11) is 0. The molecule has 0 aromatic heterocycles. The molecule has 0 saturated carbocycles. The molecule has 1 aromatic rings. The molecule has 3 nitrogen and oxygen atoms in total. The van der Waals surface area contributed by atoms with Gasteiger partial charge in [-0.2, -0.15) is 0 Å². The van der Waals surface area contributed by atoms with Crippen LogP contribution in [0.5, 0.6) is 0 Å². The van der Waals surface area contributed by atoms with Crippen molar-refractivity contribution < 1.29 is 9.18 Å². The first-order chi connectivity index (χ1) is 8.13. The van der Waals surface area contributed by atoms with Gasteiger partial charge in [0.2, 0.25) is 5.91 Å². The Balaban J connectivity index is 2.31. The van der Waals surface area contributed by atoms with Crippen LogP contribution in [-0.4, -0.2) is 23.4 Å². The molecule has 1 heterocycles. The molecule has 0 spiro atoms. The number of carbonyl (C=O) groups is 1. The Hall–Kier alpha value is -1.42. The first kappa shape index (κ1) is 12.0. The predicted octanol–water partition coefficient (Wildman–Crippen LogP) is 1.84. The van der Waals surface area contributed by atoms with Crippen LogP contribution in [0.3, 0.4) is 0 Å². The van der Waals surface area contributed by atoms with E-state index in [9.17, 15) is 9.18 Å². The van der Waals surface area contributed by atoms with Gasteiger partial charge in [-0.3, -0.25) is 4.79 Å². The maximum Gasteiger partial charge on any atom is 0.224 e. The zero-order valence-corrected chi connectivity index (χ0v) is 9.90. The standard InChI is InChI=1S/C13H17FN2O/c1-2-6-16-12(17)8-11(15)13(16)9-4-3-5-10(14)7-9/h3-5,7,11,13H,2,6,8,15H2,1H3/t11-,13+/m0/s1. The van der Waals surface area contributed by atoms with E-state index in [0.717, 1.165) is 12.0 Å². The van der Waals surface area contributed by atoms with Gasteiger partial charge in [0.25, 0.3) is 0 Å². The number of nitrogens with zero attached hydrogens (tertiary/aromatic N) is 1. The first-order valence-corrected chi connectivity index (χ1v) is 5.94. The normalized spacial score (nSPS) is 24.4. The summed E-state index contributed by atoms with van der Waals surface area (Å²) in [4.78, 5) is 13.6. The molecule has 1 aromatic carbocycles. The molecule has 1 aliphatic rings. The van der Waals surface area contributed by atoms with E-state index in [1.165, 1.54) is 12.1 Å². The van der Waals surface area contributed by atoms with Crippen LogP contribution in [0.25, 0.3) is 0 Å². The minimum atomic E-state index is -0.287. The third kappa shape index (κ3) is 2.31. The Morgan fingerprint density at radius 3 is 2.94 bits per heavy atom. The number of carbonyl (C=O) groups excluding carboxylic acids is 1. The Bertz CT molecular complexity index is 422. The van der Waals surface area contributed by atoms with Gasteiger partial charge in [-0.25, -0.2) is 4.39 Å². The Morgan fingerprint density at radius 2 is 2.29 bits per heavy atom. The third-order valence-electron chi connectivity index (χ3n) is 3.13. The van der Waals surface area contributed by atoms with E-state index in [2.05, 4.69) is 0 Å². The van der Waals surface area contributed by atoms with E-state index in [1.54, 1.807) is 11.0 Å². The van der Waals surface area contributed by atoms with Crippen molar-refractivity contribution in [1.82, 2.24) is 4.90 Å². The molecule has 17 heavy (non-hydrogen) atoms. The maximum atomic E-state index is 13.2. The highest BCUT2D eigenvalue weighted by atomic mass is 19.1. The van der Waals surface area contributed by atoms with Crippen molar-refractivity contribution in [2.24, 2.45) is 5.73 Å². The van der Waals surface area contributed by atoms with Gasteiger partial charge in [0.1, 0.15) is 5.82 Å². The molecular weight excluding hydrogens is 219 g/mol. The number of hydrogen-bond acceptors (Lipinski definition) is 2. The molecule has 0 bridgehead atoms.